The average Bonchev–Trinajstić information content (AvgIpc) is 2.42. The summed E-state index contributed by atoms with van der Waals surface area (Å²) in [5, 5.41) is 3.86. The fourth-order valence-corrected chi connectivity index (χ4v) is 4.06. The second kappa shape index (κ2) is 6.78. The molecule has 0 radical (unpaired) electrons. The van der Waals surface area contributed by atoms with Gasteiger partial charge < -0.3 is 5.32 Å². The lowest BCUT2D eigenvalue weighted by atomic mass is 9.77. The van der Waals surface area contributed by atoms with Crippen molar-refractivity contribution in [2.75, 3.05) is 6.54 Å². The first-order valence-electron chi connectivity index (χ1n) is 8.00. The van der Waals surface area contributed by atoms with E-state index >= 15 is 0 Å². The van der Waals surface area contributed by atoms with Crippen molar-refractivity contribution >= 4 is 0 Å². The van der Waals surface area contributed by atoms with Gasteiger partial charge in [-0.1, -0.05) is 52.4 Å². The Bertz CT molecular complexity index is 204. The third-order valence-corrected chi connectivity index (χ3v) is 5.00. The zero-order chi connectivity index (χ0) is 12.1. The van der Waals surface area contributed by atoms with Gasteiger partial charge in [0.2, 0.25) is 0 Å². The Morgan fingerprint density at radius 1 is 0.824 bits per heavy atom. The summed E-state index contributed by atoms with van der Waals surface area (Å²) < 4.78 is 0. The topological polar surface area (TPSA) is 12.0 Å². The Kier molecular flexibility index (Phi) is 5.34. The van der Waals surface area contributed by atoms with E-state index in [0.29, 0.717) is 0 Å². The molecule has 0 bridgehead atoms. The van der Waals surface area contributed by atoms with Crippen LogP contribution in [0.15, 0.2) is 0 Å². The van der Waals surface area contributed by atoms with Crippen molar-refractivity contribution in [2.24, 2.45) is 17.8 Å². The largest absolute Gasteiger partial charge is 0.313 e. The van der Waals surface area contributed by atoms with Gasteiger partial charge in [0, 0.05) is 6.04 Å². The highest BCUT2D eigenvalue weighted by Gasteiger charge is 2.30. The van der Waals surface area contributed by atoms with Gasteiger partial charge in [-0.25, -0.2) is 0 Å². The second-order valence-corrected chi connectivity index (χ2v) is 6.71. The summed E-state index contributed by atoms with van der Waals surface area (Å²) >= 11 is 0. The van der Waals surface area contributed by atoms with Crippen LogP contribution in [0.25, 0.3) is 0 Å². The Labute approximate surface area is 108 Å². The number of nitrogens with one attached hydrogen (secondary N) is 1. The highest BCUT2D eigenvalue weighted by molar-refractivity contribution is 4.87. The van der Waals surface area contributed by atoms with Crippen molar-refractivity contribution in [2.45, 2.75) is 77.7 Å². The lowest BCUT2D eigenvalue weighted by molar-refractivity contribution is 0.169. The first-order valence-corrected chi connectivity index (χ1v) is 8.00. The molecule has 0 spiro atoms. The molecule has 0 aromatic rings. The molecule has 0 amide bonds. The molecule has 1 aliphatic carbocycles. The lowest BCUT2D eigenvalue weighted by Crippen LogP contribution is -2.48. The van der Waals surface area contributed by atoms with Crippen molar-refractivity contribution in [1.82, 2.24) is 5.32 Å². The van der Waals surface area contributed by atoms with E-state index in [1.807, 2.05) is 0 Å². The molecule has 100 valence electrons. The first kappa shape index (κ1) is 13.4. The number of rotatable bonds is 1. The predicted octanol–water partition coefficient (Wildman–Crippen LogP) is 4.37. The van der Waals surface area contributed by atoms with E-state index in [0.717, 1.165) is 23.8 Å². The number of piperidine rings is 1. The van der Waals surface area contributed by atoms with Crippen LogP contribution in [0.5, 0.6) is 0 Å². The van der Waals surface area contributed by atoms with E-state index in [1.54, 1.807) is 0 Å². The molecular formula is C16H31N. The monoisotopic (exact) mass is 237 g/mol. The molecule has 1 N–H and O–H groups in total. The van der Waals surface area contributed by atoms with Crippen LogP contribution in [-0.4, -0.2) is 12.6 Å². The fourth-order valence-electron chi connectivity index (χ4n) is 4.06. The minimum atomic E-state index is 0.823. The van der Waals surface area contributed by atoms with Crippen molar-refractivity contribution in [3.63, 3.8) is 0 Å². The molecule has 1 saturated carbocycles. The van der Waals surface area contributed by atoms with Gasteiger partial charge in [0.05, 0.1) is 0 Å². The summed E-state index contributed by atoms with van der Waals surface area (Å²) in [7, 11) is 0. The zero-order valence-corrected chi connectivity index (χ0v) is 11.9. The highest BCUT2D eigenvalue weighted by Crippen LogP contribution is 2.32. The molecule has 0 aromatic heterocycles. The van der Waals surface area contributed by atoms with E-state index in [1.165, 1.54) is 64.3 Å². The van der Waals surface area contributed by atoms with Crippen molar-refractivity contribution in [1.29, 1.82) is 0 Å². The van der Waals surface area contributed by atoms with Gasteiger partial charge >= 0.3 is 0 Å². The molecule has 2 fully saturated rings. The maximum absolute atomic E-state index is 3.86. The highest BCUT2D eigenvalue weighted by atomic mass is 14.9. The molecule has 1 aliphatic heterocycles. The molecule has 1 heterocycles. The fraction of sp³-hybridized carbons (Fsp3) is 1.00. The Morgan fingerprint density at radius 2 is 1.41 bits per heavy atom. The molecule has 1 heteroatoms. The number of hydrogen-bond acceptors (Lipinski definition) is 1. The van der Waals surface area contributed by atoms with Gasteiger partial charge in [0.25, 0.3) is 0 Å². The number of hydrogen-bond donors (Lipinski definition) is 1. The molecule has 17 heavy (non-hydrogen) atoms. The van der Waals surface area contributed by atoms with Crippen LogP contribution < -0.4 is 5.32 Å². The molecule has 2 rings (SSSR count). The van der Waals surface area contributed by atoms with Gasteiger partial charge in [0.15, 0.2) is 0 Å². The lowest BCUT2D eigenvalue weighted by Gasteiger charge is -2.39. The average molecular weight is 237 g/mol. The van der Waals surface area contributed by atoms with E-state index in [2.05, 4.69) is 19.2 Å². The predicted molar refractivity (Wildman–Crippen MR) is 75.2 cm³/mol. The molecule has 3 atom stereocenters. The van der Waals surface area contributed by atoms with Gasteiger partial charge in [-0.3, -0.25) is 0 Å². The standard InChI is InChI=1S/C16H31N/c1-13-11-14(2)16(17-12-13)15-9-7-5-3-4-6-8-10-15/h13-17H,3-12H2,1-2H3. The minimum absolute atomic E-state index is 0.823. The van der Waals surface area contributed by atoms with Crippen molar-refractivity contribution in [3.8, 4) is 0 Å². The molecule has 3 unspecified atom stereocenters. The Morgan fingerprint density at radius 3 is 2.00 bits per heavy atom. The van der Waals surface area contributed by atoms with Crippen molar-refractivity contribution in [3.05, 3.63) is 0 Å². The van der Waals surface area contributed by atoms with Gasteiger partial charge in [-0.05, 0) is 43.6 Å². The quantitative estimate of drug-likeness (QED) is 0.714. The molecule has 1 saturated heterocycles. The normalized spacial score (nSPS) is 38.1. The van der Waals surface area contributed by atoms with Crippen LogP contribution in [-0.2, 0) is 0 Å². The van der Waals surface area contributed by atoms with Crippen LogP contribution in [0.1, 0.15) is 71.6 Å². The maximum atomic E-state index is 3.86. The van der Waals surface area contributed by atoms with Crippen LogP contribution in [0.4, 0.5) is 0 Å². The Hall–Kier alpha value is -0.0400. The summed E-state index contributed by atoms with van der Waals surface area (Å²) in [4.78, 5) is 0. The van der Waals surface area contributed by atoms with Crippen LogP contribution in [0.3, 0.4) is 0 Å². The molecule has 1 nitrogen and oxygen atoms in total. The smallest absolute Gasteiger partial charge is 0.0121 e. The zero-order valence-electron chi connectivity index (χ0n) is 11.9. The third-order valence-electron chi connectivity index (χ3n) is 5.00. The van der Waals surface area contributed by atoms with E-state index in [9.17, 15) is 0 Å². The van der Waals surface area contributed by atoms with Crippen LogP contribution in [0, 0.1) is 17.8 Å². The van der Waals surface area contributed by atoms with E-state index in [4.69, 9.17) is 0 Å². The van der Waals surface area contributed by atoms with E-state index < -0.39 is 0 Å². The summed E-state index contributed by atoms with van der Waals surface area (Å²) in [6.45, 7) is 6.12. The Balaban J connectivity index is 1.88. The van der Waals surface area contributed by atoms with Gasteiger partial charge in [-0.15, -0.1) is 0 Å². The maximum Gasteiger partial charge on any atom is 0.0121 e. The van der Waals surface area contributed by atoms with Crippen molar-refractivity contribution < 1.29 is 0 Å². The minimum Gasteiger partial charge on any atom is -0.313 e. The first-order chi connectivity index (χ1) is 8.27. The molecular weight excluding hydrogens is 206 g/mol. The van der Waals surface area contributed by atoms with Gasteiger partial charge in [-0.2, -0.15) is 0 Å². The SMILES string of the molecule is CC1CNC(C2CCCCCCCC2)C(C)C1. The molecule has 0 aromatic carbocycles. The van der Waals surface area contributed by atoms with Gasteiger partial charge in [0.1, 0.15) is 0 Å². The summed E-state index contributed by atoms with van der Waals surface area (Å²) in [6, 6.07) is 0.823. The summed E-state index contributed by atoms with van der Waals surface area (Å²) in [6.07, 6.45) is 13.3. The van der Waals surface area contributed by atoms with Crippen LogP contribution in [0.2, 0.25) is 0 Å². The summed E-state index contributed by atoms with van der Waals surface area (Å²) in [5.74, 6) is 2.75. The van der Waals surface area contributed by atoms with Crippen LogP contribution >= 0.6 is 0 Å². The summed E-state index contributed by atoms with van der Waals surface area (Å²) in [5.41, 5.74) is 0. The van der Waals surface area contributed by atoms with E-state index in [-0.39, 0.29) is 0 Å². The molecule has 2 aliphatic rings. The second-order valence-electron chi connectivity index (χ2n) is 6.71. The third kappa shape index (κ3) is 3.98.